The fourth-order valence-electron chi connectivity index (χ4n) is 0.818. The summed E-state index contributed by atoms with van der Waals surface area (Å²) in [5.41, 5.74) is 0.555. The van der Waals surface area contributed by atoms with Crippen LogP contribution in [0.1, 0.15) is 20.3 Å². The van der Waals surface area contributed by atoms with Crippen LogP contribution in [0.5, 0.6) is 0 Å². The van der Waals surface area contributed by atoms with Crippen LogP contribution in [0.25, 0.3) is 0 Å². The van der Waals surface area contributed by atoms with Crippen molar-refractivity contribution in [2.75, 3.05) is 20.3 Å². The van der Waals surface area contributed by atoms with E-state index >= 15 is 0 Å². The molecule has 0 aliphatic carbocycles. The van der Waals surface area contributed by atoms with Gasteiger partial charge >= 0.3 is 0 Å². The van der Waals surface area contributed by atoms with Crippen molar-refractivity contribution >= 4 is 5.91 Å². The molecule has 0 saturated heterocycles. The molecule has 3 nitrogen and oxygen atoms in total. The summed E-state index contributed by atoms with van der Waals surface area (Å²) in [6.45, 7) is 8.95. The Bertz CT molecular complexity index is 166. The lowest BCUT2D eigenvalue weighted by Gasteiger charge is -2.15. The molecule has 0 rings (SSSR count). The van der Waals surface area contributed by atoms with Gasteiger partial charge < -0.3 is 5.32 Å². The van der Waals surface area contributed by atoms with E-state index in [1.54, 1.807) is 6.92 Å². The number of carbonyl (C=O) groups excluding carboxylic acids is 1. The molecule has 0 fully saturated rings. The van der Waals surface area contributed by atoms with Crippen molar-refractivity contribution in [3.8, 4) is 0 Å². The Labute approximate surface area is 74.4 Å². The number of carbonyl (C=O) groups is 1. The first-order valence-corrected chi connectivity index (χ1v) is 4.20. The molecule has 0 spiro atoms. The highest BCUT2D eigenvalue weighted by atomic mass is 16.1. The highest BCUT2D eigenvalue weighted by Gasteiger charge is 2.01. The van der Waals surface area contributed by atoms with Gasteiger partial charge in [-0.25, -0.2) is 0 Å². The van der Waals surface area contributed by atoms with Crippen LogP contribution >= 0.6 is 0 Å². The molecule has 0 radical (unpaired) electrons. The zero-order valence-electron chi connectivity index (χ0n) is 8.18. The summed E-state index contributed by atoms with van der Waals surface area (Å²) in [6.07, 6.45) is 1.10. The predicted octanol–water partition coefficient (Wildman–Crippen LogP) is 0.978. The van der Waals surface area contributed by atoms with E-state index in [1.807, 2.05) is 7.05 Å². The minimum absolute atomic E-state index is 0.0713. The average molecular weight is 170 g/mol. The Hall–Kier alpha value is -0.830. The molecule has 0 aromatic heterocycles. The highest BCUT2D eigenvalue weighted by molar-refractivity contribution is 5.91. The Kier molecular flexibility index (Phi) is 5.37. The molecule has 1 amide bonds. The molecule has 0 aromatic carbocycles. The second-order valence-electron chi connectivity index (χ2n) is 3.02. The summed E-state index contributed by atoms with van der Waals surface area (Å²) in [4.78, 5) is 13.1. The summed E-state index contributed by atoms with van der Waals surface area (Å²) < 4.78 is 0. The molecule has 3 heteroatoms. The van der Waals surface area contributed by atoms with E-state index in [2.05, 4.69) is 23.7 Å². The standard InChI is InChI=1S/C9H18N2O/c1-5-6-11(4)7-10-9(12)8(2)3/h2,5-7H2,1,3-4H3,(H,10,12). The molecule has 12 heavy (non-hydrogen) atoms. The third-order valence-corrected chi connectivity index (χ3v) is 1.50. The molecule has 0 aliphatic rings. The van der Waals surface area contributed by atoms with Gasteiger partial charge in [-0.15, -0.1) is 0 Å². The van der Waals surface area contributed by atoms with Gasteiger partial charge in [0.05, 0.1) is 6.67 Å². The van der Waals surface area contributed by atoms with Crippen LogP contribution in [0.2, 0.25) is 0 Å². The Morgan fingerprint density at radius 2 is 2.17 bits per heavy atom. The summed E-state index contributed by atoms with van der Waals surface area (Å²) >= 11 is 0. The second-order valence-corrected chi connectivity index (χ2v) is 3.02. The largest absolute Gasteiger partial charge is 0.340 e. The van der Waals surface area contributed by atoms with Crippen LogP contribution in [0, 0.1) is 0 Å². The average Bonchev–Trinajstić information content (AvgIpc) is 2.00. The first kappa shape index (κ1) is 11.2. The van der Waals surface area contributed by atoms with Gasteiger partial charge in [0.1, 0.15) is 0 Å². The zero-order valence-corrected chi connectivity index (χ0v) is 8.18. The molecule has 0 aromatic rings. The van der Waals surface area contributed by atoms with Crippen LogP contribution in [-0.4, -0.2) is 31.1 Å². The molecule has 0 atom stereocenters. The normalized spacial score (nSPS) is 10.0. The summed E-state index contributed by atoms with van der Waals surface area (Å²) in [7, 11) is 1.97. The fourth-order valence-corrected chi connectivity index (χ4v) is 0.818. The van der Waals surface area contributed by atoms with Gasteiger partial charge in [0.2, 0.25) is 5.91 Å². The molecule has 70 valence electrons. The third-order valence-electron chi connectivity index (χ3n) is 1.50. The summed E-state index contributed by atoms with van der Waals surface area (Å²) in [5.74, 6) is -0.0713. The molecule has 0 aliphatic heterocycles. The van der Waals surface area contributed by atoms with Crippen molar-refractivity contribution in [2.45, 2.75) is 20.3 Å². The van der Waals surface area contributed by atoms with Gasteiger partial charge in [-0.2, -0.15) is 0 Å². The maximum atomic E-state index is 11.0. The lowest BCUT2D eigenvalue weighted by atomic mass is 10.3. The number of rotatable bonds is 5. The van der Waals surface area contributed by atoms with E-state index in [0.717, 1.165) is 13.0 Å². The van der Waals surface area contributed by atoms with Gasteiger partial charge in [-0.1, -0.05) is 13.5 Å². The van der Waals surface area contributed by atoms with E-state index in [9.17, 15) is 4.79 Å². The first-order valence-electron chi connectivity index (χ1n) is 4.20. The molecule has 0 bridgehead atoms. The minimum Gasteiger partial charge on any atom is -0.340 e. The van der Waals surface area contributed by atoms with Crippen molar-refractivity contribution < 1.29 is 4.79 Å². The summed E-state index contributed by atoms with van der Waals surface area (Å²) in [6, 6.07) is 0. The lowest BCUT2D eigenvalue weighted by Crippen LogP contribution is -2.35. The fraction of sp³-hybridized carbons (Fsp3) is 0.667. The molecular weight excluding hydrogens is 152 g/mol. The van der Waals surface area contributed by atoms with E-state index in [4.69, 9.17) is 0 Å². The van der Waals surface area contributed by atoms with E-state index in [-0.39, 0.29) is 5.91 Å². The van der Waals surface area contributed by atoms with E-state index < -0.39 is 0 Å². The van der Waals surface area contributed by atoms with Crippen LogP contribution in [0.4, 0.5) is 0 Å². The summed E-state index contributed by atoms with van der Waals surface area (Å²) in [5, 5.41) is 2.75. The second kappa shape index (κ2) is 5.77. The van der Waals surface area contributed by atoms with Crippen molar-refractivity contribution in [3.05, 3.63) is 12.2 Å². The van der Waals surface area contributed by atoms with Crippen LogP contribution in [0.15, 0.2) is 12.2 Å². The quantitative estimate of drug-likeness (QED) is 0.492. The van der Waals surface area contributed by atoms with Crippen molar-refractivity contribution in [1.82, 2.24) is 10.2 Å². The van der Waals surface area contributed by atoms with Crippen molar-refractivity contribution in [1.29, 1.82) is 0 Å². The van der Waals surface area contributed by atoms with Gasteiger partial charge in [0.15, 0.2) is 0 Å². The lowest BCUT2D eigenvalue weighted by molar-refractivity contribution is -0.118. The number of amides is 1. The molecule has 0 saturated carbocycles. The molecule has 1 N–H and O–H groups in total. The van der Waals surface area contributed by atoms with Crippen LogP contribution < -0.4 is 5.32 Å². The Morgan fingerprint density at radius 3 is 2.58 bits per heavy atom. The van der Waals surface area contributed by atoms with Crippen molar-refractivity contribution in [3.63, 3.8) is 0 Å². The molecular formula is C9H18N2O. The highest BCUT2D eigenvalue weighted by Crippen LogP contribution is 1.87. The molecule has 0 heterocycles. The van der Waals surface area contributed by atoms with Crippen LogP contribution in [-0.2, 0) is 4.79 Å². The third kappa shape index (κ3) is 4.91. The number of nitrogens with zero attached hydrogens (tertiary/aromatic N) is 1. The Balaban J connectivity index is 3.54. The van der Waals surface area contributed by atoms with Gasteiger partial charge in [0, 0.05) is 5.57 Å². The predicted molar refractivity (Wildman–Crippen MR) is 50.7 cm³/mol. The minimum atomic E-state index is -0.0713. The van der Waals surface area contributed by atoms with E-state index in [0.29, 0.717) is 12.2 Å². The maximum Gasteiger partial charge on any atom is 0.247 e. The topological polar surface area (TPSA) is 32.3 Å². The van der Waals surface area contributed by atoms with E-state index in [1.165, 1.54) is 0 Å². The first-order chi connectivity index (χ1) is 5.57. The zero-order chi connectivity index (χ0) is 9.56. The number of hydrogen-bond acceptors (Lipinski definition) is 2. The van der Waals surface area contributed by atoms with Gasteiger partial charge in [-0.3, -0.25) is 9.69 Å². The Morgan fingerprint density at radius 1 is 1.58 bits per heavy atom. The maximum absolute atomic E-state index is 11.0. The smallest absolute Gasteiger partial charge is 0.247 e. The molecule has 0 unspecified atom stereocenters. The van der Waals surface area contributed by atoms with Gasteiger partial charge in [0.25, 0.3) is 0 Å². The van der Waals surface area contributed by atoms with Crippen LogP contribution in [0.3, 0.4) is 0 Å². The van der Waals surface area contributed by atoms with Gasteiger partial charge in [-0.05, 0) is 26.9 Å². The monoisotopic (exact) mass is 170 g/mol. The number of nitrogens with one attached hydrogen (secondary N) is 1. The van der Waals surface area contributed by atoms with Crippen molar-refractivity contribution in [2.24, 2.45) is 0 Å². The number of hydrogen-bond donors (Lipinski definition) is 1. The SMILES string of the molecule is C=C(C)C(=O)NCN(C)CCC.